The van der Waals surface area contributed by atoms with E-state index in [0.29, 0.717) is 5.92 Å². The fraction of sp³-hybridized carbons (Fsp3) is 0.392. The molecular formula is C51H60Zr. The van der Waals surface area contributed by atoms with Crippen molar-refractivity contribution < 1.29 is 24.2 Å². The SMILES string of the molecule is C[C-]1C2=C3Cc4ccccc4C3=C3C=CCCC3C2(C)C(C)(C)C(C)(C)C1(C)C.Cc1ccc([C](=[Zr+2])c2ccc(C)c(C)c2C)cc1.c1cc[cH-]c1. The molecule has 0 saturated heterocycles. The molecule has 52 heavy (non-hydrogen) atoms. The van der Waals surface area contributed by atoms with Crippen molar-refractivity contribution in [1.82, 2.24) is 0 Å². The maximum absolute atomic E-state index is 2.62. The molecule has 0 amide bonds. The third kappa shape index (κ3) is 6.03. The molecule has 4 aromatic carbocycles. The molecule has 0 N–H and O–H groups in total. The Hall–Kier alpha value is -3.15. The Morgan fingerprint density at radius 3 is 2.06 bits per heavy atom. The first-order valence-electron chi connectivity index (χ1n) is 19.4. The second-order valence-corrected chi connectivity index (χ2v) is 18.9. The van der Waals surface area contributed by atoms with E-state index < -0.39 is 0 Å². The van der Waals surface area contributed by atoms with Crippen LogP contribution in [0.1, 0.15) is 113 Å². The number of hydrogen-bond acceptors (Lipinski definition) is 0. The van der Waals surface area contributed by atoms with Gasteiger partial charge >= 0.3 is 125 Å². The molecule has 2 atom stereocenters. The number of aryl methyl sites for hydroxylation is 2. The van der Waals surface area contributed by atoms with Crippen molar-refractivity contribution in [2.45, 2.75) is 102 Å². The van der Waals surface area contributed by atoms with Crippen LogP contribution in [0.15, 0.2) is 120 Å². The van der Waals surface area contributed by atoms with Crippen molar-refractivity contribution in [2.24, 2.45) is 27.6 Å². The molecule has 1 fully saturated rings. The average molecular weight is 764 g/mol. The van der Waals surface area contributed by atoms with Gasteiger partial charge in [-0.3, -0.25) is 0 Å². The zero-order valence-corrected chi connectivity index (χ0v) is 36.5. The Bertz CT molecular complexity index is 2040. The van der Waals surface area contributed by atoms with Gasteiger partial charge in [-0.25, -0.2) is 18.1 Å². The molecule has 0 aliphatic heterocycles. The summed E-state index contributed by atoms with van der Waals surface area (Å²) in [6.45, 7) is 29.1. The van der Waals surface area contributed by atoms with Crippen LogP contribution in [-0.2, 0) is 30.7 Å². The van der Waals surface area contributed by atoms with Gasteiger partial charge in [-0.05, 0) is 40.6 Å². The van der Waals surface area contributed by atoms with Crippen LogP contribution in [0.4, 0.5) is 0 Å². The minimum absolute atomic E-state index is 0.164. The van der Waals surface area contributed by atoms with E-state index in [1.165, 1.54) is 84.8 Å². The number of allylic oxidation sites excluding steroid dienone is 6. The minimum Gasteiger partial charge on any atom is -0.214 e. The van der Waals surface area contributed by atoms with Crippen LogP contribution >= 0.6 is 0 Å². The van der Waals surface area contributed by atoms with Gasteiger partial charge in [-0.2, -0.15) is 29.3 Å². The molecule has 0 aromatic heterocycles. The Morgan fingerprint density at radius 2 is 1.42 bits per heavy atom. The largest absolute Gasteiger partial charge is 0.214 e. The first-order valence-corrected chi connectivity index (χ1v) is 20.7. The van der Waals surface area contributed by atoms with Crippen molar-refractivity contribution in [3.05, 3.63) is 170 Å². The topological polar surface area (TPSA) is 0 Å². The summed E-state index contributed by atoms with van der Waals surface area (Å²) >= 11 is 1.47. The van der Waals surface area contributed by atoms with Crippen LogP contribution in [0.3, 0.4) is 0 Å². The van der Waals surface area contributed by atoms with Crippen molar-refractivity contribution in [1.29, 1.82) is 0 Å². The molecule has 8 rings (SSSR count). The molecule has 268 valence electrons. The second-order valence-electron chi connectivity index (χ2n) is 17.6. The molecule has 1 saturated carbocycles. The normalized spacial score (nSPS) is 23.0. The molecule has 4 aliphatic rings. The summed E-state index contributed by atoms with van der Waals surface area (Å²) in [5.74, 6) is 2.24. The van der Waals surface area contributed by atoms with Crippen molar-refractivity contribution in [3.63, 3.8) is 0 Å². The predicted molar refractivity (Wildman–Crippen MR) is 221 cm³/mol. The van der Waals surface area contributed by atoms with Gasteiger partial charge in [0.25, 0.3) is 0 Å². The molecule has 0 nitrogen and oxygen atoms in total. The summed E-state index contributed by atoms with van der Waals surface area (Å²) < 4.78 is 1.45. The first-order chi connectivity index (χ1) is 24.5. The van der Waals surface area contributed by atoms with Gasteiger partial charge in [0.15, 0.2) is 0 Å². The van der Waals surface area contributed by atoms with Gasteiger partial charge in [-0.1, -0.05) is 113 Å². The molecule has 1 heteroatoms. The summed E-state index contributed by atoms with van der Waals surface area (Å²) in [5, 5.41) is 0. The van der Waals surface area contributed by atoms with E-state index in [2.05, 4.69) is 156 Å². The third-order valence-electron chi connectivity index (χ3n) is 15.0. The Labute approximate surface area is 331 Å². The average Bonchev–Trinajstić information content (AvgIpc) is 3.83. The Balaban J connectivity index is 0.000000171. The number of benzene rings is 3. The summed E-state index contributed by atoms with van der Waals surface area (Å²) in [5.41, 5.74) is 18.6. The molecule has 0 bridgehead atoms. The number of fused-ring (bicyclic) bond motifs is 6. The summed E-state index contributed by atoms with van der Waals surface area (Å²) in [6.07, 6.45) is 8.50. The van der Waals surface area contributed by atoms with E-state index in [1.54, 1.807) is 28.2 Å². The molecule has 0 radical (unpaired) electrons. The van der Waals surface area contributed by atoms with Crippen molar-refractivity contribution in [2.75, 3.05) is 0 Å². The van der Waals surface area contributed by atoms with Crippen LogP contribution in [0, 0.1) is 61.2 Å². The van der Waals surface area contributed by atoms with Gasteiger partial charge in [0.05, 0.1) is 0 Å². The van der Waals surface area contributed by atoms with E-state index in [0.717, 1.165) is 6.42 Å². The number of rotatable bonds is 2. The maximum Gasteiger partial charge on any atom is -0.172 e. The van der Waals surface area contributed by atoms with Gasteiger partial charge in [0.1, 0.15) is 0 Å². The van der Waals surface area contributed by atoms with Gasteiger partial charge in [-0.15, -0.1) is 6.92 Å². The summed E-state index contributed by atoms with van der Waals surface area (Å²) in [6, 6.07) is 32.5. The third-order valence-corrected chi connectivity index (χ3v) is 16.4. The Kier molecular flexibility index (Phi) is 10.6. The van der Waals surface area contributed by atoms with Crippen LogP contribution in [0.2, 0.25) is 0 Å². The Morgan fingerprint density at radius 1 is 0.769 bits per heavy atom. The molecule has 4 aliphatic carbocycles. The van der Waals surface area contributed by atoms with Crippen LogP contribution in [-0.4, -0.2) is 3.21 Å². The quantitative estimate of drug-likeness (QED) is 0.178. The van der Waals surface area contributed by atoms with E-state index in [9.17, 15) is 0 Å². The van der Waals surface area contributed by atoms with E-state index in [4.69, 9.17) is 0 Å². The summed E-state index contributed by atoms with van der Waals surface area (Å²) in [4.78, 5) is 0. The van der Waals surface area contributed by atoms with Crippen LogP contribution < -0.4 is 0 Å². The fourth-order valence-corrected chi connectivity index (χ4v) is 11.1. The standard InChI is InChI=1S/C29H37.C17H18.C5H5.Zr/c1-18-25-22-17-19-13-9-10-14-20(19)24(22)21-15-11-12-16-23(21)29(25,8)28(6,7)27(4,5)26(18,2)3;1-12-5-8-16(9-6-12)11-17-10-7-13(2)14(3)15(17)4;1-2-4-5-3-1;/h9-11,13-15,23H,12,16-17H2,1-8H3;5-10H,1-4H3;1-5H;/q-1;;-1;+2. The first kappa shape index (κ1) is 38.6. The zero-order valence-electron chi connectivity index (χ0n) is 34.0. The smallest absolute Gasteiger partial charge is 0.172 e. The van der Waals surface area contributed by atoms with E-state index in [-0.39, 0.29) is 21.7 Å². The van der Waals surface area contributed by atoms with Crippen LogP contribution in [0.5, 0.6) is 0 Å². The monoisotopic (exact) mass is 762 g/mol. The minimum atomic E-state index is 0.164. The predicted octanol–water partition coefficient (Wildman–Crippen LogP) is 13.4. The van der Waals surface area contributed by atoms with Gasteiger partial charge < -0.3 is 0 Å². The molecule has 0 heterocycles. The molecule has 0 spiro atoms. The number of hydrogen-bond donors (Lipinski definition) is 0. The summed E-state index contributed by atoms with van der Waals surface area (Å²) in [7, 11) is 0. The van der Waals surface area contributed by atoms with Crippen LogP contribution in [0.25, 0.3) is 5.57 Å². The molecule has 2 unspecified atom stereocenters. The molecular weight excluding hydrogens is 704 g/mol. The maximum atomic E-state index is 2.62. The van der Waals surface area contributed by atoms with Crippen molar-refractivity contribution in [3.8, 4) is 0 Å². The van der Waals surface area contributed by atoms with E-state index in [1.807, 2.05) is 30.3 Å². The van der Waals surface area contributed by atoms with Gasteiger partial charge in [0.2, 0.25) is 0 Å². The second kappa shape index (κ2) is 14.3. The van der Waals surface area contributed by atoms with E-state index >= 15 is 0 Å². The van der Waals surface area contributed by atoms with Gasteiger partial charge in [0, 0.05) is 0 Å². The van der Waals surface area contributed by atoms with Crippen molar-refractivity contribution >= 4 is 8.78 Å². The molecule has 4 aromatic rings. The fourth-order valence-electron chi connectivity index (χ4n) is 9.99. The zero-order chi connectivity index (χ0) is 37.8.